The smallest absolute Gasteiger partial charge is 0.0646 e. The molecule has 1 saturated heterocycles. The van der Waals surface area contributed by atoms with E-state index in [9.17, 15) is 5.11 Å². The first-order valence-electron chi connectivity index (χ1n) is 4.80. The van der Waals surface area contributed by atoms with E-state index in [1.54, 1.807) is 0 Å². The van der Waals surface area contributed by atoms with Gasteiger partial charge in [0.15, 0.2) is 0 Å². The molecule has 0 aromatic carbocycles. The van der Waals surface area contributed by atoms with Crippen molar-refractivity contribution in [3.05, 3.63) is 0 Å². The van der Waals surface area contributed by atoms with E-state index in [0.717, 1.165) is 13.0 Å². The molecule has 3 nitrogen and oxygen atoms in total. The molecule has 0 radical (unpaired) electrons. The van der Waals surface area contributed by atoms with Crippen molar-refractivity contribution in [1.29, 1.82) is 0 Å². The number of hydrogen-bond acceptors (Lipinski definition) is 3. The normalized spacial score (nSPS) is 28.8. The van der Waals surface area contributed by atoms with Gasteiger partial charge in [0, 0.05) is 6.04 Å². The monoisotopic (exact) mass is 172 g/mol. The molecule has 1 fully saturated rings. The number of aliphatic hydroxyl groups is 1. The summed E-state index contributed by atoms with van der Waals surface area (Å²) in [5.74, 6) is 0. The summed E-state index contributed by atoms with van der Waals surface area (Å²) in [5.41, 5.74) is 4.84. The van der Waals surface area contributed by atoms with Gasteiger partial charge < -0.3 is 16.2 Å². The summed E-state index contributed by atoms with van der Waals surface area (Å²) in [7, 11) is 0. The first kappa shape index (κ1) is 9.96. The highest BCUT2D eigenvalue weighted by atomic mass is 16.3. The summed E-state index contributed by atoms with van der Waals surface area (Å²) in [6, 6.07) is 0.506. The Balaban J connectivity index is 2.27. The third-order valence-corrected chi connectivity index (χ3v) is 2.53. The minimum atomic E-state index is -0.573. The van der Waals surface area contributed by atoms with Gasteiger partial charge in [-0.2, -0.15) is 0 Å². The molecular weight excluding hydrogens is 152 g/mol. The molecule has 72 valence electrons. The highest BCUT2D eigenvalue weighted by molar-refractivity contribution is 4.83. The Kier molecular flexibility index (Phi) is 3.50. The van der Waals surface area contributed by atoms with Gasteiger partial charge in [0.05, 0.1) is 5.60 Å². The molecule has 0 aromatic rings. The Morgan fingerprint density at radius 3 is 2.92 bits per heavy atom. The summed E-state index contributed by atoms with van der Waals surface area (Å²) < 4.78 is 0. The lowest BCUT2D eigenvalue weighted by Gasteiger charge is -2.25. The van der Waals surface area contributed by atoms with Crippen LogP contribution in [0.15, 0.2) is 0 Å². The molecule has 0 spiro atoms. The SMILES string of the molecule is CC(O)(CCN)CC1CCCN1. The van der Waals surface area contributed by atoms with Crippen molar-refractivity contribution < 1.29 is 5.11 Å². The third-order valence-electron chi connectivity index (χ3n) is 2.53. The largest absolute Gasteiger partial charge is 0.390 e. The molecule has 1 heterocycles. The lowest BCUT2D eigenvalue weighted by molar-refractivity contribution is 0.0358. The van der Waals surface area contributed by atoms with Crippen molar-refractivity contribution in [3.63, 3.8) is 0 Å². The van der Waals surface area contributed by atoms with Crippen LogP contribution in [0, 0.1) is 0 Å². The maximum atomic E-state index is 9.85. The average molecular weight is 172 g/mol. The van der Waals surface area contributed by atoms with E-state index in [1.165, 1.54) is 12.8 Å². The van der Waals surface area contributed by atoms with Crippen molar-refractivity contribution >= 4 is 0 Å². The summed E-state index contributed by atoms with van der Waals surface area (Å²) in [6.45, 7) is 3.54. The Bertz CT molecular complexity index is 130. The fraction of sp³-hybridized carbons (Fsp3) is 1.00. The van der Waals surface area contributed by atoms with Crippen LogP contribution in [-0.4, -0.2) is 29.8 Å². The van der Waals surface area contributed by atoms with Crippen molar-refractivity contribution in [2.24, 2.45) is 5.73 Å². The number of hydrogen-bond donors (Lipinski definition) is 3. The van der Waals surface area contributed by atoms with Gasteiger partial charge in [-0.25, -0.2) is 0 Å². The first-order chi connectivity index (χ1) is 5.64. The minimum absolute atomic E-state index is 0.506. The van der Waals surface area contributed by atoms with Gasteiger partial charge in [0.2, 0.25) is 0 Å². The zero-order valence-electron chi connectivity index (χ0n) is 7.84. The van der Waals surface area contributed by atoms with Crippen LogP contribution >= 0.6 is 0 Å². The summed E-state index contributed by atoms with van der Waals surface area (Å²) in [4.78, 5) is 0. The van der Waals surface area contributed by atoms with E-state index >= 15 is 0 Å². The maximum Gasteiger partial charge on any atom is 0.0646 e. The van der Waals surface area contributed by atoms with Crippen LogP contribution in [0.25, 0.3) is 0 Å². The van der Waals surface area contributed by atoms with Crippen molar-refractivity contribution in [3.8, 4) is 0 Å². The summed E-state index contributed by atoms with van der Waals surface area (Å²) in [5, 5.41) is 13.2. The predicted octanol–water partition coefficient (Wildman–Crippen LogP) is 0.228. The van der Waals surface area contributed by atoms with Crippen LogP contribution in [0.2, 0.25) is 0 Å². The van der Waals surface area contributed by atoms with Crippen LogP contribution in [0.4, 0.5) is 0 Å². The van der Waals surface area contributed by atoms with Crippen molar-refractivity contribution in [1.82, 2.24) is 5.32 Å². The molecule has 0 aliphatic carbocycles. The molecular formula is C9H20N2O. The molecule has 0 saturated carbocycles. The first-order valence-corrected chi connectivity index (χ1v) is 4.80. The molecule has 1 rings (SSSR count). The Labute approximate surface area is 74.3 Å². The van der Waals surface area contributed by atoms with E-state index in [2.05, 4.69) is 5.32 Å². The molecule has 0 aromatic heterocycles. The standard InChI is InChI=1S/C9H20N2O/c1-9(12,4-5-10)7-8-3-2-6-11-8/h8,11-12H,2-7,10H2,1H3. The van der Waals surface area contributed by atoms with Crippen LogP contribution in [0.1, 0.15) is 32.6 Å². The zero-order chi connectivity index (χ0) is 9.03. The Morgan fingerprint density at radius 2 is 2.42 bits per heavy atom. The van der Waals surface area contributed by atoms with E-state index in [1.807, 2.05) is 6.92 Å². The molecule has 4 N–H and O–H groups in total. The van der Waals surface area contributed by atoms with Gasteiger partial charge >= 0.3 is 0 Å². The Hall–Kier alpha value is -0.120. The minimum Gasteiger partial charge on any atom is -0.390 e. The quantitative estimate of drug-likeness (QED) is 0.569. The second-order valence-corrected chi connectivity index (χ2v) is 4.03. The van der Waals surface area contributed by atoms with E-state index in [4.69, 9.17) is 5.73 Å². The van der Waals surface area contributed by atoms with Crippen LogP contribution < -0.4 is 11.1 Å². The lowest BCUT2D eigenvalue weighted by Crippen LogP contribution is -2.36. The molecule has 3 heteroatoms. The van der Waals surface area contributed by atoms with E-state index in [-0.39, 0.29) is 0 Å². The average Bonchev–Trinajstić information content (AvgIpc) is 2.38. The van der Waals surface area contributed by atoms with Crippen LogP contribution in [0.5, 0.6) is 0 Å². The molecule has 1 aliphatic rings. The van der Waals surface area contributed by atoms with Crippen LogP contribution in [-0.2, 0) is 0 Å². The molecule has 2 atom stereocenters. The van der Waals surface area contributed by atoms with Gasteiger partial charge in [-0.1, -0.05) is 0 Å². The van der Waals surface area contributed by atoms with Gasteiger partial charge in [0.25, 0.3) is 0 Å². The van der Waals surface area contributed by atoms with Crippen molar-refractivity contribution in [2.75, 3.05) is 13.1 Å². The highest BCUT2D eigenvalue weighted by Gasteiger charge is 2.26. The summed E-state index contributed by atoms with van der Waals surface area (Å²) >= 11 is 0. The van der Waals surface area contributed by atoms with E-state index in [0.29, 0.717) is 19.0 Å². The zero-order valence-corrected chi connectivity index (χ0v) is 7.84. The maximum absolute atomic E-state index is 9.85. The fourth-order valence-electron chi connectivity index (χ4n) is 1.87. The van der Waals surface area contributed by atoms with Gasteiger partial charge in [-0.05, 0) is 45.7 Å². The molecule has 0 bridgehead atoms. The number of nitrogens with one attached hydrogen (secondary N) is 1. The molecule has 12 heavy (non-hydrogen) atoms. The second kappa shape index (κ2) is 4.21. The number of rotatable bonds is 4. The van der Waals surface area contributed by atoms with Crippen molar-refractivity contribution in [2.45, 2.75) is 44.2 Å². The lowest BCUT2D eigenvalue weighted by atomic mass is 9.93. The van der Waals surface area contributed by atoms with E-state index < -0.39 is 5.60 Å². The van der Waals surface area contributed by atoms with Gasteiger partial charge in [-0.15, -0.1) is 0 Å². The van der Waals surface area contributed by atoms with Gasteiger partial charge in [-0.3, -0.25) is 0 Å². The Morgan fingerprint density at radius 1 is 1.67 bits per heavy atom. The number of nitrogens with two attached hydrogens (primary N) is 1. The molecule has 2 unspecified atom stereocenters. The third kappa shape index (κ3) is 3.09. The van der Waals surface area contributed by atoms with Gasteiger partial charge in [0.1, 0.15) is 0 Å². The topological polar surface area (TPSA) is 58.3 Å². The summed E-state index contributed by atoms with van der Waals surface area (Å²) in [6.07, 6.45) is 3.97. The highest BCUT2D eigenvalue weighted by Crippen LogP contribution is 2.20. The molecule has 1 aliphatic heterocycles. The fourth-order valence-corrected chi connectivity index (χ4v) is 1.87. The second-order valence-electron chi connectivity index (χ2n) is 4.03. The molecule has 0 amide bonds. The van der Waals surface area contributed by atoms with Crippen LogP contribution in [0.3, 0.4) is 0 Å². The predicted molar refractivity (Wildman–Crippen MR) is 49.9 cm³/mol.